The van der Waals surface area contributed by atoms with Crippen LogP contribution in [0.2, 0.25) is 0 Å². The second kappa shape index (κ2) is 3.69. The number of nitrogens with one attached hydrogen (secondary N) is 1. The molecule has 0 aromatic heterocycles. The van der Waals surface area contributed by atoms with Gasteiger partial charge in [-0.3, -0.25) is 4.79 Å². The molecule has 11 heavy (non-hydrogen) atoms. The molecule has 0 aromatic carbocycles. The van der Waals surface area contributed by atoms with Gasteiger partial charge in [0.2, 0.25) is 5.91 Å². The van der Waals surface area contributed by atoms with E-state index in [4.69, 9.17) is 11.5 Å². The fourth-order valence-electron chi connectivity index (χ4n) is 1.22. The second-order valence-electron chi connectivity index (χ2n) is 3.01. The summed E-state index contributed by atoms with van der Waals surface area (Å²) < 4.78 is 0. The van der Waals surface area contributed by atoms with Gasteiger partial charge in [0, 0.05) is 25.0 Å². The molecule has 1 aliphatic rings. The van der Waals surface area contributed by atoms with Gasteiger partial charge in [0.25, 0.3) is 0 Å². The third-order valence-electron chi connectivity index (χ3n) is 1.99. The standard InChI is InChI=1S/C7H15N3O/c8-1-2-10-7(11)5-3-6(9)4-5/h5-6H,1-4,8-9H2,(H,10,11). The molecule has 0 heterocycles. The number of rotatable bonds is 3. The lowest BCUT2D eigenvalue weighted by atomic mass is 9.80. The van der Waals surface area contributed by atoms with E-state index in [1.54, 1.807) is 0 Å². The molecule has 4 nitrogen and oxygen atoms in total. The Hall–Kier alpha value is -0.610. The Bertz CT molecular complexity index is 143. The second-order valence-corrected chi connectivity index (χ2v) is 3.01. The van der Waals surface area contributed by atoms with Crippen molar-refractivity contribution in [3.63, 3.8) is 0 Å². The van der Waals surface area contributed by atoms with Gasteiger partial charge in [0.15, 0.2) is 0 Å². The molecule has 0 spiro atoms. The molecule has 1 rings (SSSR count). The number of carbonyl (C=O) groups is 1. The zero-order valence-electron chi connectivity index (χ0n) is 6.55. The highest BCUT2D eigenvalue weighted by Gasteiger charge is 2.31. The van der Waals surface area contributed by atoms with Crippen LogP contribution in [-0.2, 0) is 4.79 Å². The normalized spacial score (nSPS) is 29.3. The van der Waals surface area contributed by atoms with Crippen LogP contribution in [-0.4, -0.2) is 25.0 Å². The Balaban J connectivity index is 2.11. The molecule has 0 bridgehead atoms. The van der Waals surface area contributed by atoms with Crippen molar-refractivity contribution in [1.82, 2.24) is 5.32 Å². The summed E-state index contributed by atoms with van der Waals surface area (Å²) in [6.07, 6.45) is 1.66. The van der Waals surface area contributed by atoms with Crippen LogP contribution in [0.25, 0.3) is 0 Å². The molecule has 64 valence electrons. The van der Waals surface area contributed by atoms with Crippen molar-refractivity contribution < 1.29 is 4.79 Å². The third-order valence-corrected chi connectivity index (χ3v) is 1.99. The predicted molar refractivity (Wildman–Crippen MR) is 42.8 cm³/mol. The lowest BCUT2D eigenvalue weighted by molar-refractivity contribution is -0.127. The summed E-state index contributed by atoms with van der Waals surface area (Å²) >= 11 is 0. The fourth-order valence-corrected chi connectivity index (χ4v) is 1.22. The van der Waals surface area contributed by atoms with Gasteiger partial charge in [0.05, 0.1) is 0 Å². The van der Waals surface area contributed by atoms with Crippen LogP contribution in [0.15, 0.2) is 0 Å². The van der Waals surface area contributed by atoms with E-state index in [9.17, 15) is 4.79 Å². The summed E-state index contributed by atoms with van der Waals surface area (Å²) in [5.74, 6) is 0.258. The van der Waals surface area contributed by atoms with Crippen LogP contribution in [0.5, 0.6) is 0 Å². The highest BCUT2D eigenvalue weighted by atomic mass is 16.1. The van der Waals surface area contributed by atoms with Gasteiger partial charge in [0.1, 0.15) is 0 Å². The minimum atomic E-state index is 0.108. The molecule has 1 saturated carbocycles. The Morgan fingerprint density at radius 1 is 1.55 bits per heavy atom. The molecule has 1 amide bonds. The molecule has 4 heteroatoms. The molecule has 1 fully saturated rings. The van der Waals surface area contributed by atoms with Gasteiger partial charge in [-0.25, -0.2) is 0 Å². The van der Waals surface area contributed by atoms with Gasteiger partial charge in [-0.05, 0) is 12.8 Å². The zero-order valence-corrected chi connectivity index (χ0v) is 6.55. The lowest BCUT2D eigenvalue weighted by Gasteiger charge is -2.30. The molecule has 0 aromatic rings. The molecule has 5 N–H and O–H groups in total. The molecule has 0 radical (unpaired) electrons. The van der Waals surface area contributed by atoms with Crippen LogP contribution in [0.3, 0.4) is 0 Å². The fraction of sp³-hybridized carbons (Fsp3) is 0.857. The van der Waals surface area contributed by atoms with Gasteiger partial charge >= 0.3 is 0 Å². The van der Waals surface area contributed by atoms with E-state index in [0.29, 0.717) is 13.1 Å². The van der Waals surface area contributed by atoms with Crippen LogP contribution in [0.4, 0.5) is 0 Å². The number of hydrogen-bond donors (Lipinski definition) is 3. The summed E-state index contributed by atoms with van der Waals surface area (Å²) in [7, 11) is 0. The number of hydrogen-bond acceptors (Lipinski definition) is 3. The van der Waals surface area contributed by atoms with E-state index in [2.05, 4.69) is 5.32 Å². The smallest absolute Gasteiger partial charge is 0.223 e. The minimum absolute atomic E-state index is 0.108. The maximum Gasteiger partial charge on any atom is 0.223 e. The molecule has 0 unspecified atom stereocenters. The Kier molecular flexibility index (Phi) is 2.84. The van der Waals surface area contributed by atoms with Crippen molar-refractivity contribution in [1.29, 1.82) is 0 Å². The highest BCUT2D eigenvalue weighted by Crippen LogP contribution is 2.25. The number of nitrogens with two attached hydrogens (primary N) is 2. The van der Waals surface area contributed by atoms with Crippen molar-refractivity contribution in [3.05, 3.63) is 0 Å². The van der Waals surface area contributed by atoms with Gasteiger partial charge in [-0.15, -0.1) is 0 Å². The topological polar surface area (TPSA) is 81.1 Å². The van der Waals surface area contributed by atoms with Crippen molar-refractivity contribution in [2.24, 2.45) is 17.4 Å². The van der Waals surface area contributed by atoms with Crippen molar-refractivity contribution in [2.75, 3.05) is 13.1 Å². The van der Waals surface area contributed by atoms with Crippen LogP contribution in [0, 0.1) is 5.92 Å². The first-order valence-corrected chi connectivity index (χ1v) is 3.97. The van der Waals surface area contributed by atoms with Gasteiger partial charge in [-0.1, -0.05) is 0 Å². The Morgan fingerprint density at radius 3 is 2.64 bits per heavy atom. The molecule has 1 aliphatic carbocycles. The Morgan fingerprint density at radius 2 is 2.18 bits per heavy atom. The lowest BCUT2D eigenvalue weighted by Crippen LogP contribution is -2.45. The monoisotopic (exact) mass is 157 g/mol. The molecule has 0 saturated heterocycles. The first-order chi connectivity index (χ1) is 5.24. The maximum absolute atomic E-state index is 11.1. The minimum Gasteiger partial charge on any atom is -0.355 e. The number of carbonyl (C=O) groups excluding carboxylic acids is 1. The number of amides is 1. The van der Waals surface area contributed by atoms with Crippen molar-refractivity contribution in [2.45, 2.75) is 18.9 Å². The van der Waals surface area contributed by atoms with Gasteiger partial charge < -0.3 is 16.8 Å². The summed E-state index contributed by atoms with van der Waals surface area (Å²) in [5, 5.41) is 2.74. The summed E-state index contributed by atoms with van der Waals surface area (Å²) in [4.78, 5) is 11.1. The van der Waals surface area contributed by atoms with Crippen molar-refractivity contribution >= 4 is 5.91 Å². The van der Waals surface area contributed by atoms with E-state index in [0.717, 1.165) is 12.8 Å². The molecular weight excluding hydrogens is 142 g/mol. The van der Waals surface area contributed by atoms with E-state index >= 15 is 0 Å². The van der Waals surface area contributed by atoms with E-state index in [1.165, 1.54) is 0 Å². The first-order valence-electron chi connectivity index (χ1n) is 3.97. The predicted octanol–water partition coefficient (Wildman–Crippen LogP) is -1.20. The Labute approximate surface area is 66.3 Å². The van der Waals surface area contributed by atoms with Crippen LogP contribution in [0.1, 0.15) is 12.8 Å². The highest BCUT2D eigenvalue weighted by molar-refractivity contribution is 5.79. The average molecular weight is 157 g/mol. The van der Waals surface area contributed by atoms with Gasteiger partial charge in [-0.2, -0.15) is 0 Å². The van der Waals surface area contributed by atoms with E-state index in [1.807, 2.05) is 0 Å². The molecule has 0 aliphatic heterocycles. The summed E-state index contributed by atoms with van der Waals surface area (Å²) in [6.45, 7) is 1.08. The summed E-state index contributed by atoms with van der Waals surface area (Å²) in [5.41, 5.74) is 10.8. The first kappa shape index (κ1) is 8.49. The van der Waals surface area contributed by atoms with E-state index < -0.39 is 0 Å². The molecule has 0 atom stereocenters. The maximum atomic E-state index is 11.1. The average Bonchev–Trinajstić information content (AvgIpc) is 1.94. The molecular formula is C7H15N3O. The third kappa shape index (κ3) is 2.17. The van der Waals surface area contributed by atoms with Crippen LogP contribution < -0.4 is 16.8 Å². The zero-order chi connectivity index (χ0) is 8.27. The quantitative estimate of drug-likeness (QED) is 0.481. The SMILES string of the molecule is NCCNC(=O)C1CC(N)C1. The largest absolute Gasteiger partial charge is 0.355 e. The van der Waals surface area contributed by atoms with E-state index in [-0.39, 0.29) is 17.9 Å². The summed E-state index contributed by atoms with van der Waals surface area (Å²) in [6, 6.07) is 0.239. The van der Waals surface area contributed by atoms with Crippen molar-refractivity contribution in [3.8, 4) is 0 Å². The van der Waals surface area contributed by atoms with Crippen LogP contribution >= 0.6 is 0 Å².